The van der Waals surface area contributed by atoms with Crippen LogP contribution in [0.2, 0.25) is 0 Å². The van der Waals surface area contributed by atoms with Gasteiger partial charge in [0.15, 0.2) is 11.9 Å². The van der Waals surface area contributed by atoms with E-state index in [4.69, 9.17) is 9.47 Å². The molecule has 144 valence electrons. The molecule has 2 N–H and O–H groups in total. The van der Waals surface area contributed by atoms with E-state index in [0.717, 1.165) is 11.1 Å². The van der Waals surface area contributed by atoms with Gasteiger partial charge >= 0.3 is 0 Å². The first-order valence-corrected chi connectivity index (χ1v) is 9.21. The largest absolute Gasteiger partial charge is 0.378 e. The molecule has 4 atom stereocenters. The molecule has 0 spiro atoms. The topological polar surface area (TPSA) is 98.5 Å². The van der Waals surface area contributed by atoms with Gasteiger partial charge in [0.05, 0.1) is 18.9 Å². The van der Waals surface area contributed by atoms with Crippen LogP contribution in [0.5, 0.6) is 0 Å². The third-order valence-corrected chi connectivity index (χ3v) is 5.43. The molecular formula is C19H24N4O4. The van der Waals surface area contributed by atoms with Crippen LogP contribution in [0.3, 0.4) is 0 Å². The van der Waals surface area contributed by atoms with Gasteiger partial charge in [-0.05, 0) is 37.8 Å². The second-order valence-corrected chi connectivity index (χ2v) is 7.29. The molecule has 2 unspecified atom stereocenters. The second kappa shape index (κ2) is 7.03. The minimum Gasteiger partial charge on any atom is -0.378 e. The lowest BCUT2D eigenvalue weighted by Crippen LogP contribution is -2.44. The van der Waals surface area contributed by atoms with Gasteiger partial charge in [-0.25, -0.2) is 4.68 Å². The van der Waals surface area contributed by atoms with E-state index in [0.29, 0.717) is 31.7 Å². The summed E-state index contributed by atoms with van der Waals surface area (Å²) < 4.78 is 12.6. The molecule has 2 saturated heterocycles. The Labute approximate surface area is 157 Å². The molecule has 0 saturated carbocycles. The molecule has 8 heteroatoms. The van der Waals surface area contributed by atoms with Gasteiger partial charge in [-0.2, -0.15) is 0 Å². The van der Waals surface area contributed by atoms with E-state index >= 15 is 0 Å². The minimum atomic E-state index is -1.33. The Hall–Kier alpha value is -2.29. The fraction of sp³-hybridized carbons (Fsp3) is 0.526. The number of nitrogens with one attached hydrogen (secondary N) is 1. The molecule has 2 aromatic rings. The maximum Gasteiger partial charge on any atom is 0.244 e. The van der Waals surface area contributed by atoms with Crippen LogP contribution in [0.25, 0.3) is 0 Å². The van der Waals surface area contributed by atoms with Crippen molar-refractivity contribution >= 4 is 5.91 Å². The zero-order chi connectivity index (χ0) is 19.0. The Morgan fingerprint density at radius 1 is 1.48 bits per heavy atom. The number of carbonyl (C=O) groups excluding carboxylic acids is 1. The lowest BCUT2D eigenvalue weighted by atomic mass is 9.90. The standard InChI is InChI=1S/C19H24N4O4/c1-12-5-3-4-6-14(12)9-20-17(24)13(2)23-10-16(21-22-23)19(25)8-7-15-11-26-18(19)27-15/h3-6,10,13,15,18,25H,7-9,11H2,1-2H3,(H,20,24)/t13?,15-,18+,19?/m0/s1. The number of benzene rings is 1. The van der Waals surface area contributed by atoms with Crippen molar-refractivity contribution in [1.82, 2.24) is 20.3 Å². The number of amides is 1. The molecule has 1 aromatic carbocycles. The van der Waals surface area contributed by atoms with Crippen molar-refractivity contribution in [3.8, 4) is 0 Å². The normalized spacial score (nSPS) is 28.1. The van der Waals surface area contributed by atoms with Crippen molar-refractivity contribution in [1.29, 1.82) is 0 Å². The number of ether oxygens (including phenoxy) is 2. The minimum absolute atomic E-state index is 0.0384. The van der Waals surface area contributed by atoms with Crippen LogP contribution in [0.1, 0.15) is 42.6 Å². The highest BCUT2D eigenvalue weighted by molar-refractivity contribution is 5.79. The summed E-state index contributed by atoms with van der Waals surface area (Å²) in [6.07, 6.45) is 2.10. The van der Waals surface area contributed by atoms with E-state index < -0.39 is 17.9 Å². The summed E-state index contributed by atoms with van der Waals surface area (Å²) in [5, 5.41) is 22.0. The first-order valence-electron chi connectivity index (χ1n) is 9.21. The fourth-order valence-corrected chi connectivity index (χ4v) is 3.52. The van der Waals surface area contributed by atoms with Crippen LogP contribution in [-0.4, -0.2) is 45.0 Å². The van der Waals surface area contributed by atoms with Gasteiger partial charge in [-0.15, -0.1) is 5.10 Å². The van der Waals surface area contributed by atoms with Crippen molar-refractivity contribution in [2.75, 3.05) is 6.61 Å². The van der Waals surface area contributed by atoms with Crippen LogP contribution in [0, 0.1) is 6.92 Å². The summed E-state index contributed by atoms with van der Waals surface area (Å²) in [5.41, 5.74) is 1.23. The summed E-state index contributed by atoms with van der Waals surface area (Å²) in [6, 6.07) is 7.36. The average molecular weight is 372 g/mol. The SMILES string of the molecule is Cc1ccccc1CNC(=O)C(C)n1cc(C2(O)CC[C@H]3CO[C@@H]2O3)nn1. The number of aliphatic hydroxyl groups is 1. The number of aryl methyl sites for hydroxylation is 1. The van der Waals surface area contributed by atoms with Crippen LogP contribution in [0.4, 0.5) is 0 Å². The van der Waals surface area contributed by atoms with E-state index in [9.17, 15) is 9.90 Å². The number of carbonyl (C=O) groups is 1. The predicted molar refractivity (Wildman–Crippen MR) is 95.5 cm³/mol. The first kappa shape index (κ1) is 18.1. The molecule has 0 aliphatic carbocycles. The van der Waals surface area contributed by atoms with E-state index in [1.807, 2.05) is 31.2 Å². The molecule has 8 nitrogen and oxygen atoms in total. The summed E-state index contributed by atoms with van der Waals surface area (Å²) in [6.45, 7) is 4.69. The summed E-state index contributed by atoms with van der Waals surface area (Å²) in [7, 11) is 0. The number of hydrogen-bond donors (Lipinski definition) is 2. The van der Waals surface area contributed by atoms with Crippen molar-refractivity contribution < 1.29 is 19.4 Å². The molecule has 2 fully saturated rings. The Morgan fingerprint density at radius 3 is 3.11 bits per heavy atom. The smallest absolute Gasteiger partial charge is 0.244 e. The fourth-order valence-electron chi connectivity index (χ4n) is 3.52. The summed E-state index contributed by atoms with van der Waals surface area (Å²) in [4.78, 5) is 12.5. The molecule has 2 aliphatic rings. The predicted octanol–water partition coefficient (Wildman–Crippen LogP) is 1.19. The van der Waals surface area contributed by atoms with E-state index in [1.54, 1.807) is 13.1 Å². The molecule has 2 bridgehead atoms. The first-order chi connectivity index (χ1) is 13.0. The maximum atomic E-state index is 12.5. The summed E-state index contributed by atoms with van der Waals surface area (Å²) >= 11 is 0. The zero-order valence-corrected chi connectivity index (χ0v) is 15.5. The van der Waals surface area contributed by atoms with Gasteiger partial charge < -0.3 is 19.9 Å². The number of hydrogen-bond acceptors (Lipinski definition) is 6. The number of fused-ring (bicyclic) bond motifs is 2. The molecule has 4 rings (SSSR count). The Bertz CT molecular complexity index is 839. The lowest BCUT2D eigenvalue weighted by molar-refractivity contribution is -0.219. The quantitative estimate of drug-likeness (QED) is 0.818. The Morgan fingerprint density at radius 2 is 2.30 bits per heavy atom. The number of nitrogens with zero attached hydrogens (tertiary/aromatic N) is 3. The summed E-state index contributed by atoms with van der Waals surface area (Å²) in [5.74, 6) is -0.168. The van der Waals surface area contributed by atoms with Gasteiger partial charge in [0, 0.05) is 6.54 Å². The Kier molecular flexibility index (Phi) is 4.71. The van der Waals surface area contributed by atoms with Gasteiger partial charge in [0.25, 0.3) is 0 Å². The van der Waals surface area contributed by atoms with E-state index in [-0.39, 0.29) is 12.0 Å². The molecule has 2 aliphatic heterocycles. The second-order valence-electron chi connectivity index (χ2n) is 7.29. The lowest BCUT2D eigenvalue weighted by Gasteiger charge is -2.34. The Balaban J connectivity index is 1.43. The number of rotatable bonds is 5. The van der Waals surface area contributed by atoms with Crippen molar-refractivity contribution in [3.05, 3.63) is 47.3 Å². The molecule has 27 heavy (non-hydrogen) atoms. The third kappa shape index (κ3) is 3.36. The highest BCUT2D eigenvalue weighted by Crippen LogP contribution is 2.41. The molecule has 1 amide bonds. The maximum absolute atomic E-state index is 12.5. The van der Waals surface area contributed by atoms with Crippen LogP contribution in [-0.2, 0) is 26.4 Å². The zero-order valence-electron chi connectivity index (χ0n) is 15.5. The van der Waals surface area contributed by atoms with Crippen LogP contribution < -0.4 is 5.32 Å². The number of aromatic nitrogens is 3. The average Bonchev–Trinajstić information content (AvgIpc) is 3.32. The molecule has 0 radical (unpaired) electrons. The van der Waals surface area contributed by atoms with E-state index in [1.165, 1.54) is 4.68 Å². The van der Waals surface area contributed by atoms with Crippen molar-refractivity contribution in [2.24, 2.45) is 0 Å². The van der Waals surface area contributed by atoms with Gasteiger partial charge in [-0.3, -0.25) is 4.79 Å². The monoisotopic (exact) mass is 372 g/mol. The van der Waals surface area contributed by atoms with Crippen LogP contribution >= 0.6 is 0 Å². The van der Waals surface area contributed by atoms with Gasteiger partial charge in [-0.1, -0.05) is 29.5 Å². The van der Waals surface area contributed by atoms with Crippen LogP contribution in [0.15, 0.2) is 30.5 Å². The highest BCUT2D eigenvalue weighted by atomic mass is 16.7. The highest BCUT2D eigenvalue weighted by Gasteiger charge is 2.51. The van der Waals surface area contributed by atoms with Crippen molar-refractivity contribution in [2.45, 2.75) is 57.3 Å². The van der Waals surface area contributed by atoms with Gasteiger partial charge in [0.1, 0.15) is 11.7 Å². The third-order valence-electron chi connectivity index (χ3n) is 5.43. The van der Waals surface area contributed by atoms with Gasteiger partial charge in [0.2, 0.25) is 5.91 Å². The van der Waals surface area contributed by atoms with E-state index in [2.05, 4.69) is 15.6 Å². The molecule has 3 heterocycles. The molecule has 1 aromatic heterocycles. The van der Waals surface area contributed by atoms with Crippen molar-refractivity contribution in [3.63, 3.8) is 0 Å². The molecular weight excluding hydrogens is 348 g/mol.